The highest BCUT2D eigenvalue weighted by atomic mass is 28.3. The fraction of sp³-hybridized carbons (Fsp3) is 1.00. The third-order valence-corrected chi connectivity index (χ3v) is 4.31. The molecule has 2 nitrogen and oxygen atoms in total. The van der Waals surface area contributed by atoms with Crippen LogP contribution in [0.25, 0.3) is 0 Å². The molecule has 0 bridgehead atoms. The molecule has 0 N–H and O–H groups in total. The fourth-order valence-corrected chi connectivity index (χ4v) is 2.88. The van der Waals surface area contributed by atoms with E-state index >= 15 is 0 Å². The third-order valence-electron chi connectivity index (χ3n) is 2.46. The summed E-state index contributed by atoms with van der Waals surface area (Å²) in [5.41, 5.74) is 0. The first kappa shape index (κ1) is 11.2. The monoisotopic (exact) mass is 202 g/mol. The van der Waals surface area contributed by atoms with Gasteiger partial charge in [-0.3, -0.25) is 0 Å². The van der Waals surface area contributed by atoms with Gasteiger partial charge in [0.1, 0.15) is 0 Å². The second-order valence-electron chi connectivity index (χ2n) is 5.24. The van der Waals surface area contributed by atoms with Gasteiger partial charge in [-0.25, -0.2) is 0 Å². The Hall–Kier alpha value is 0.137. The van der Waals surface area contributed by atoms with E-state index in [1.54, 1.807) is 0 Å². The lowest BCUT2D eigenvalue weighted by molar-refractivity contribution is -0.146. The van der Waals surface area contributed by atoms with Crippen LogP contribution in [0.2, 0.25) is 25.7 Å². The van der Waals surface area contributed by atoms with Crippen molar-refractivity contribution in [3.63, 3.8) is 0 Å². The molecule has 13 heavy (non-hydrogen) atoms. The Morgan fingerprint density at radius 1 is 1.15 bits per heavy atom. The molecule has 0 amide bonds. The van der Waals surface area contributed by atoms with Crippen LogP contribution in [-0.4, -0.2) is 27.1 Å². The number of rotatable bonds is 4. The molecule has 0 unspecified atom stereocenters. The second-order valence-corrected chi connectivity index (χ2v) is 10.9. The van der Waals surface area contributed by atoms with E-state index in [0.717, 1.165) is 19.6 Å². The highest BCUT2D eigenvalue weighted by molar-refractivity contribution is 6.76. The lowest BCUT2D eigenvalue weighted by atomic mass is 10.2. The molecule has 0 atom stereocenters. The van der Waals surface area contributed by atoms with Gasteiger partial charge in [-0.15, -0.1) is 0 Å². The van der Waals surface area contributed by atoms with E-state index in [1.165, 1.54) is 12.5 Å². The van der Waals surface area contributed by atoms with Crippen LogP contribution in [0.15, 0.2) is 0 Å². The van der Waals surface area contributed by atoms with Gasteiger partial charge in [-0.1, -0.05) is 32.1 Å². The molecule has 0 radical (unpaired) electrons. The maximum atomic E-state index is 5.55. The van der Waals surface area contributed by atoms with Crippen LogP contribution < -0.4 is 0 Å². The van der Waals surface area contributed by atoms with Crippen molar-refractivity contribution < 1.29 is 9.47 Å². The van der Waals surface area contributed by atoms with E-state index < -0.39 is 8.07 Å². The maximum Gasteiger partial charge on any atom is 0.165 e. The maximum absolute atomic E-state index is 5.55. The van der Waals surface area contributed by atoms with Gasteiger partial charge in [-0.2, -0.15) is 0 Å². The number of hydrogen-bond acceptors (Lipinski definition) is 2. The normalized spacial score (nSPS) is 22.2. The van der Waals surface area contributed by atoms with Gasteiger partial charge in [0.15, 0.2) is 5.79 Å². The molecule has 78 valence electrons. The van der Waals surface area contributed by atoms with Crippen molar-refractivity contribution in [3.8, 4) is 0 Å². The molecule has 0 aromatic heterocycles. The molecule has 1 saturated heterocycles. The van der Waals surface area contributed by atoms with E-state index in [4.69, 9.17) is 9.47 Å². The summed E-state index contributed by atoms with van der Waals surface area (Å²) >= 11 is 0. The SMILES string of the molecule is CC1(CCC[Si](C)(C)C)OCCO1. The van der Waals surface area contributed by atoms with Crippen LogP contribution in [0.5, 0.6) is 0 Å². The lowest BCUT2D eigenvalue weighted by Crippen LogP contribution is -2.27. The zero-order valence-corrected chi connectivity index (χ0v) is 10.4. The average molecular weight is 202 g/mol. The van der Waals surface area contributed by atoms with Crippen LogP contribution in [-0.2, 0) is 9.47 Å². The molecule has 0 spiro atoms. The first-order chi connectivity index (χ1) is 5.91. The molecule has 0 saturated carbocycles. The summed E-state index contributed by atoms with van der Waals surface area (Å²) in [6, 6.07) is 1.37. The summed E-state index contributed by atoms with van der Waals surface area (Å²) in [6.07, 6.45) is 2.30. The molecule has 0 aromatic rings. The Labute approximate surface area is 82.6 Å². The van der Waals surface area contributed by atoms with Crippen LogP contribution >= 0.6 is 0 Å². The first-order valence-electron chi connectivity index (χ1n) is 5.19. The Morgan fingerprint density at radius 2 is 1.69 bits per heavy atom. The van der Waals surface area contributed by atoms with Gasteiger partial charge in [0.2, 0.25) is 0 Å². The number of ether oxygens (including phenoxy) is 2. The molecule has 3 heteroatoms. The molecule has 1 aliphatic rings. The van der Waals surface area contributed by atoms with Gasteiger partial charge in [-0.05, 0) is 6.92 Å². The molecule has 1 rings (SSSR count). The van der Waals surface area contributed by atoms with Gasteiger partial charge in [0.05, 0.1) is 13.2 Å². The summed E-state index contributed by atoms with van der Waals surface area (Å²) in [6.45, 7) is 10.8. The summed E-state index contributed by atoms with van der Waals surface area (Å²) in [7, 11) is -0.873. The summed E-state index contributed by atoms with van der Waals surface area (Å²) in [5, 5.41) is 0. The predicted octanol–water partition coefficient (Wildman–Crippen LogP) is 2.87. The van der Waals surface area contributed by atoms with Crippen LogP contribution in [0, 0.1) is 0 Å². The minimum atomic E-state index is -0.873. The lowest BCUT2D eigenvalue weighted by Gasteiger charge is -2.24. The van der Waals surface area contributed by atoms with Crippen molar-refractivity contribution in [3.05, 3.63) is 0 Å². The van der Waals surface area contributed by atoms with Gasteiger partial charge >= 0.3 is 0 Å². The second kappa shape index (κ2) is 4.11. The molecule has 0 aromatic carbocycles. The van der Waals surface area contributed by atoms with Crippen LogP contribution in [0.1, 0.15) is 19.8 Å². The molecular weight excluding hydrogens is 180 g/mol. The Morgan fingerprint density at radius 3 is 2.15 bits per heavy atom. The largest absolute Gasteiger partial charge is 0.348 e. The zero-order valence-electron chi connectivity index (χ0n) is 9.35. The Kier molecular flexibility index (Phi) is 3.55. The fourth-order valence-electron chi connectivity index (χ4n) is 1.64. The highest BCUT2D eigenvalue weighted by Gasteiger charge is 2.30. The Bertz CT molecular complexity index is 157. The number of hydrogen-bond donors (Lipinski definition) is 0. The molecule has 0 aliphatic carbocycles. The summed E-state index contributed by atoms with van der Waals surface area (Å²) < 4.78 is 11.1. The summed E-state index contributed by atoms with van der Waals surface area (Å²) in [4.78, 5) is 0. The van der Waals surface area contributed by atoms with Crippen molar-refractivity contribution in [1.29, 1.82) is 0 Å². The first-order valence-corrected chi connectivity index (χ1v) is 8.90. The van der Waals surface area contributed by atoms with Gasteiger partial charge < -0.3 is 9.47 Å². The topological polar surface area (TPSA) is 18.5 Å². The van der Waals surface area contributed by atoms with Crippen molar-refractivity contribution in [2.24, 2.45) is 0 Å². The van der Waals surface area contributed by atoms with E-state index in [-0.39, 0.29) is 5.79 Å². The molecular formula is C10H22O2Si. The van der Waals surface area contributed by atoms with Crippen LogP contribution in [0.3, 0.4) is 0 Å². The van der Waals surface area contributed by atoms with E-state index in [9.17, 15) is 0 Å². The standard InChI is InChI=1S/C10H22O2Si/c1-10(11-7-8-12-10)6-5-9-13(2,3)4/h5-9H2,1-4H3. The average Bonchev–Trinajstić information content (AvgIpc) is 2.33. The van der Waals surface area contributed by atoms with Gasteiger partial charge in [0, 0.05) is 14.5 Å². The third kappa shape index (κ3) is 4.25. The smallest absolute Gasteiger partial charge is 0.165 e. The minimum Gasteiger partial charge on any atom is -0.348 e. The highest BCUT2D eigenvalue weighted by Crippen LogP contribution is 2.26. The van der Waals surface area contributed by atoms with Crippen molar-refractivity contribution in [1.82, 2.24) is 0 Å². The Balaban J connectivity index is 2.18. The van der Waals surface area contributed by atoms with E-state index in [2.05, 4.69) is 26.6 Å². The quantitative estimate of drug-likeness (QED) is 0.653. The summed E-state index contributed by atoms with van der Waals surface area (Å²) in [5.74, 6) is -0.264. The molecule has 1 heterocycles. The van der Waals surface area contributed by atoms with E-state index in [1.807, 2.05) is 0 Å². The minimum absolute atomic E-state index is 0.264. The van der Waals surface area contributed by atoms with Crippen LogP contribution in [0.4, 0.5) is 0 Å². The van der Waals surface area contributed by atoms with Gasteiger partial charge in [0.25, 0.3) is 0 Å². The van der Waals surface area contributed by atoms with Crippen molar-refractivity contribution in [2.75, 3.05) is 13.2 Å². The van der Waals surface area contributed by atoms with E-state index in [0.29, 0.717) is 0 Å². The zero-order chi connectivity index (χ0) is 9.95. The van der Waals surface area contributed by atoms with Crippen molar-refractivity contribution in [2.45, 2.75) is 51.2 Å². The van der Waals surface area contributed by atoms with Crippen molar-refractivity contribution >= 4 is 8.07 Å². The molecule has 1 aliphatic heterocycles. The predicted molar refractivity (Wildman–Crippen MR) is 57.7 cm³/mol. The molecule has 1 fully saturated rings.